The number of likely N-dealkylation sites (tertiary alicyclic amines) is 1. The minimum Gasteiger partial charge on any atom is -0.384 e. The third kappa shape index (κ3) is 2.55. The Morgan fingerprint density at radius 2 is 2.35 bits per heavy atom. The van der Waals surface area contributed by atoms with E-state index >= 15 is 0 Å². The fraction of sp³-hybridized carbons (Fsp3) is 0.500. The molecule has 0 aromatic carbocycles. The van der Waals surface area contributed by atoms with Gasteiger partial charge in [-0.25, -0.2) is 4.98 Å². The number of carbonyl (C=O) groups excluding carboxylic acids is 1. The van der Waals surface area contributed by atoms with Crippen LogP contribution in [0.4, 0.5) is 11.5 Å². The lowest BCUT2D eigenvalue weighted by atomic mass is 10.1. The van der Waals surface area contributed by atoms with Gasteiger partial charge in [0.25, 0.3) is 0 Å². The molecule has 17 heavy (non-hydrogen) atoms. The molecule has 0 saturated carbocycles. The molecule has 1 amide bonds. The average molecular weight is 234 g/mol. The maximum Gasteiger partial charge on any atom is 0.231 e. The van der Waals surface area contributed by atoms with Gasteiger partial charge in [-0.15, -0.1) is 0 Å². The number of rotatable bonds is 2. The molecule has 1 aliphatic rings. The van der Waals surface area contributed by atoms with Crippen LogP contribution in [0.25, 0.3) is 0 Å². The molecule has 1 aromatic heterocycles. The molecule has 0 radical (unpaired) electrons. The van der Waals surface area contributed by atoms with Crippen molar-refractivity contribution in [1.29, 1.82) is 0 Å². The van der Waals surface area contributed by atoms with Gasteiger partial charge in [0.1, 0.15) is 5.82 Å². The highest BCUT2D eigenvalue weighted by atomic mass is 16.2. The summed E-state index contributed by atoms with van der Waals surface area (Å²) in [5.74, 6) is 0.721. The van der Waals surface area contributed by atoms with E-state index in [1.54, 1.807) is 24.2 Å². The normalized spacial score (nSPS) is 20.5. The largest absolute Gasteiger partial charge is 0.384 e. The maximum absolute atomic E-state index is 12.2. The Hall–Kier alpha value is -1.62. The van der Waals surface area contributed by atoms with Gasteiger partial charge in [0.2, 0.25) is 5.91 Å². The van der Waals surface area contributed by atoms with E-state index in [1.807, 2.05) is 13.1 Å². The van der Waals surface area contributed by atoms with Crippen LogP contribution in [-0.4, -0.2) is 43.0 Å². The summed E-state index contributed by atoms with van der Waals surface area (Å²) in [7, 11) is 3.83. The highest BCUT2D eigenvalue weighted by Gasteiger charge is 2.28. The second kappa shape index (κ2) is 4.71. The predicted octanol–water partition coefficient (Wildman–Crippen LogP) is 0.578. The molecule has 1 saturated heterocycles. The zero-order valence-electron chi connectivity index (χ0n) is 10.3. The maximum atomic E-state index is 12.2. The van der Waals surface area contributed by atoms with E-state index in [2.05, 4.69) is 9.88 Å². The highest BCUT2D eigenvalue weighted by Crippen LogP contribution is 2.20. The summed E-state index contributed by atoms with van der Waals surface area (Å²) < 4.78 is 0. The van der Waals surface area contributed by atoms with E-state index in [4.69, 9.17) is 5.73 Å². The number of aromatic nitrogens is 1. The summed E-state index contributed by atoms with van der Waals surface area (Å²) >= 11 is 0. The summed E-state index contributed by atoms with van der Waals surface area (Å²) in [5.41, 5.74) is 6.31. The van der Waals surface area contributed by atoms with Gasteiger partial charge < -0.3 is 15.5 Å². The molecule has 1 aromatic rings. The number of nitrogens with zero attached hydrogens (tertiary/aromatic N) is 3. The van der Waals surface area contributed by atoms with Crippen LogP contribution in [0.3, 0.4) is 0 Å². The molecular formula is C12H18N4O. The first-order chi connectivity index (χ1) is 8.08. The van der Waals surface area contributed by atoms with Crippen molar-refractivity contribution in [2.24, 2.45) is 5.92 Å². The van der Waals surface area contributed by atoms with Crippen LogP contribution in [0.1, 0.15) is 6.42 Å². The van der Waals surface area contributed by atoms with E-state index in [0.29, 0.717) is 5.82 Å². The molecule has 1 atom stereocenters. The van der Waals surface area contributed by atoms with E-state index in [0.717, 1.165) is 25.2 Å². The van der Waals surface area contributed by atoms with Gasteiger partial charge in [0, 0.05) is 13.6 Å². The monoisotopic (exact) mass is 234 g/mol. The fourth-order valence-electron chi connectivity index (χ4n) is 2.13. The third-order valence-corrected chi connectivity index (χ3v) is 3.23. The molecular weight excluding hydrogens is 216 g/mol. The van der Waals surface area contributed by atoms with Gasteiger partial charge in [-0.3, -0.25) is 4.79 Å². The molecule has 2 rings (SSSR count). The lowest BCUT2D eigenvalue weighted by Gasteiger charge is -2.20. The van der Waals surface area contributed by atoms with E-state index in [9.17, 15) is 4.79 Å². The number of hydrogen-bond donors (Lipinski definition) is 1. The molecule has 92 valence electrons. The molecule has 1 fully saturated rings. The minimum absolute atomic E-state index is 0.0996. The number of nitrogen functional groups attached to an aromatic ring is 1. The first kappa shape index (κ1) is 11.9. The van der Waals surface area contributed by atoms with Crippen LogP contribution < -0.4 is 10.6 Å². The van der Waals surface area contributed by atoms with Crippen LogP contribution in [0.2, 0.25) is 0 Å². The van der Waals surface area contributed by atoms with Crippen LogP contribution in [0.5, 0.6) is 0 Å². The Balaban J connectivity index is 2.06. The number of pyridine rings is 1. The molecule has 0 spiro atoms. The van der Waals surface area contributed by atoms with Crippen molar-refractivity contribution >= 4 is 17.4 Å². The van der Waals surface area contributed by atoms with Gasteiger partial charge >= 0.3 is 0 Å². The van der Waals surface area contributed by atoms with Crippen molar-refractivity contribution in [1.82, 2.24) is 9.88 Å². The Morgan fingerprint density at radius 3 is 2.88 bits per heavy atom. The first-order valence-corrected chi connectivity index (χ1v) is 5.75. The van der Waals surface area contributed by atoms with Gasteiger partial charge in [-0.05, 0) is 32.1 Å². The van der Waals surface area contributed by atoms with Gasteiger partial charge in [-0.1, -0.05) is 0 Å². The van der Waals surface area contributed by atoms with Crippen molar-refractivity contribution in [3.63, 3.8) is 0 Å². The van der Waals surface area contributed by atoms with Crippen LogP contribution in [0, 0.1) is 5.92 Å². The van der Waals surface area contributed by atoms with Crippen molar-refractivity contribution in [3.05, 3.63) is 18.3 Å². The predicted molar refractivity (Wildman–Crippen MR) is 67.7 cm³/mol. The zero-order valence-corrected chi connectivity index (χ0v) is 10.3. The number of anilines is 2. The smallest absolute Gasteiger partial charge is 0.231 e. The van der Waals surface area contributed by atoms with Crippen LogP contribution in [0.15, 0.2) is 18.3 Å². The van der Waals surface area contributed by atoms with Crippen molar-refractivity contribution < 1.29 is 4.79 Å². The van der Waals surface area contributed by atoms with Gasteiger partial charge in [0.05, 0.1) is 17.8 Å². The highest BCUT2D eigenvalue weighted by molar-refractivity contribution is 5.94. The van der Waals surface area contributed by atoms with Crippen molar-refractivity contribution in [3.8, 4) is 0 Å². The molecule has 5 heteroatoms. The summed E-state index contributed by atoms with van der Waals surface area (Å²) in [6.45, 7) is 1.83. The lowest BCUT2D eigenvalue weighted by Crippen LogP contribution is -2.34. The SMILES string of the molecule is CN1CCC(C(=O)N(C)c2ccc(N)nc2)C1. The Kier molecular flexibility index (Phi) is 3.28. The number of carbonyl (C=O) groups is 1. The van der Waals surface area contributed by atoms with Crippen molar-refractivity contribution in [2.75, 3.05) is 37.8 Å². The van der Waals surface area contributed by atoms with E-state index in [-0.39, 0.29) is 11.8 Å². The summed E-state index contributed by atoms with van der Waals surface area (Å²) in [6.07, 6.45) is 2.56. The van der Waals surface area contributed by atoms with E-state index in [1.165, 1.54) is 0 Å². The van der Waals surface area contributed by atoms with Gasteiger partial charge in [-0.2, -0.15) is 0 Å². The van der Waals surface area contributed by atoms with E-state index < -0.39 is 0 Å². The van der Waals surface area contributed by atoms with Crippen LogP contribution in [-0.2, 0) is 4.79 Å². The third-order valence-electron chi connectivity index (χ3n) is 3.23. The summed E-state index contributed by atoms with van der Waals surface area (Å²) in [4.78, 5) is 20.1. The summed E-state index contributed by atoms with van der Waals surface area (Å²) in [5, 5.41) is 0. The lowest BCUT2D eigenvalue weighted by molar-refractivity contribution is -0.121. The zero-order chi connectivity index (χ0) is 12.4. The first-order valence-electron chi connectivity index (χ1n) is 5.75. The molecule has 0 aliphatic carbocycles. The number of hydrogen-bond acceptors (Lipinski definition) is 4. The molecule has 5 nitrogen and oxygen atoms in total. The Labute approximate surface area is 101 Å². The number of nitrogens with two attached hydrogens (primary N) is 1. The topological polar surface area (TPSA) is 62.5 Å². The summed E-state index contributed by atoms with van der Waals surface area (Å²) in [6, 6.07) is 3.53. The second-order valence-electron chi connectivity index (χ2n) is 4.59. The van der Waals surface area contributed by atoms with Crippen molar-refractivity contribution in [2.45, 2.75) is 6.42 Å². The van der Waals surface area contributed by atoms with Gasteiger partial charge in [0.15, 0.2) is 0 Å². The average Bonchev–Trinajstić information content (AvgIpc) is 2.75. The fourth-order valence-corrected chi connectivity index (χ4v) is 2.13. The van der Waals surface area contributed by atoms with Crippen LogP contribution >= 0.6 is 0 Å². The Morgan fingerprint density at radius 1 is 1.59 bits per heavy atom. The standard InChI is InChI=1S/C12H18N4O/c1-15-6-5-9(8-15)12(17)16(2)10-3-4-11(13)14-7-10/h3-4,7,9H,5-6,8H2,1-2H3,(H2,13,14). The molecule has 0 bridgehead atoms. The Bertz CT molecular complexity index is 403. The molecule has 1 unspecified atom stereocenters. The second-order valence-corrected chi connectivity index (χ2v) is 4.59. The molecule has 1 aliphatic heterocycles. The number of amides is 1. The molecule has 2 heterocycles. The quantitative estimate of drug-likeness (QED) is 0.813. The molecule has 2 N–H and O–H groups in total. The minimum atomic E-state index is 0.0996.